The van der Waals surface area contributed by atoms with Gasteiger partial charge in [-0.05, 0) is 22.9 Å². The predicted molar refractivity (Wildman–Crippen MR) is 116 cm³/mol. The Kier molecular flexibility index (Phi) is 4.77. The average molecular weight is 371 g/mol. The Morgan fingerprint density at radius 3 is 2.07 bits per heavy atom. The van der Waals surface area contributed by atoms with E-state index in [0.717, 1.165) is 32.9 Å². The number of thiol groups is 1. The molecule has 4 nitrogen and oxygen atoms in total. The van der Waals surface area contributed by atoms with Crippen molar-refractivity contribution in [3.63, 3.8) is 0 Å². The molecule has 0 bridgehead atoms. The number of amides is 1. The molecule has 0 saturated heterocycles. The lowest BCUT2D eigenvalue weighted by Gasteiger charge is -2.13. The van der Waals surface area contributed by atoms with Gasteiger partial charge in [-0.15, -0.1) is 0 Å². The fourth-order valence-electron chi connectivity index (χ4n) is 3.08. The number of guanidine groups is 1. The third-order valence-corrected chi connectivity index (χ3v) is 4.38. The summed E-state index contributed by atoms with van der Waals surface area (Å²) in [5.41, 5.74) is 1.62. The van der Waals surface area contributed by atoms with Gasteiger partial charge in [-0.1, -0.05) is 85.4 Å². The number of aliphatic imine (C=N–C) groups is 1. The molecule has 1 amide bonds. The second kappa shape index (κ2) is 7.51. The van der Waals surface area contributed by atoms with Gasteiger partial charge in [0, 0.05) is 16.5 Å². The molecule has 0 aliphatic heterocycles. The van der Waals surface area contributed by atoms with Gasteiger partial charge in [-0.25, -0.2) is 4.99 Å². The average Bonchev–Trinajstić information content (AvgIpc) is 2.68. The van der Waals surface area contributed by atoms with Crippen molar-refractivity contribution in [3.05, 3.63) is 84.9 Å². The van der Waals surface area contributed by atoms with E-state index in [-0.39, 0.29) is 0 Å². The number of carbonyl (C=O) groups excluding carboxylic acids is 1. The van der Waals surface area contributed by atoms with Crippen LogP contribution in [0.4, 0.5) is 16.2 Å². The molecule has 5 heteroatoms. The number of rotatable bonds is 2. The second-order valence-electron chi connectivity index (χ2n) is 6.04. The highest BCUT2D eigenvalue weighted by molar-refractivity contribution is 7.96. The van der Waals surface area contributed by atoms with E-state index >= 15 is 0 Å². The van der Waals surface area contributed by atoms with Crippen LogP contribution in [-0.2, 0) is 0 Å². The van der Waals surface area contributed by atoms with Crippen LogP contribution in [0.5, 0.6) is 0 Å². The zero-order valence-corrected chi connectivity index (χ0v) is 15.3. The molecule has 0 spiro atoms. The fraction of sp³-hybridized carbons (Fsp3) is 0. The summed E-state index contributed by atoms with van der Waals surface area (Å²) >= 11 is 3.85. The number of nitrogens with one attached hydrogen (secondary N) is 2. The fourth-order valence-corrected chi connectivity index (χ4v) is 3.18. The predicted octanol–water partition coefficient (Wildman–Crippen LogP) is 5.73. The smallest absolute Gasteiger partial charge is 0.282 e. The maximum absolute atomic E-state index is 11.6. The molecule has 27 heavy (non-hydrogen) atoms. The van der Waals surface area contributed by atoms with Crippen molar-refractivity contribution in [2.75, 3.05) is 5.32 Å². The number of carbonyl (C=O) groups is 1. The van der Waals surface area contributed by atoms with E-state index in [1.807, 2.05) is 84.9 Å². The Morgan fingerprint density at radius 2 is 1.33 bits per heavy atom. The summed E-state index contributed by atoms with van der Waals surface area (Å²) in [7, 11) is 0. The van der Waals surface area contributed by atoms with Crippen molar-refractivity contribution in [1.29, 1.82) is 0 Å². The van der Waals surface area contributed by atoms with Crippen LogP contribution in [0.2, 0.25) is 0 Å². The maximum Gasteiger partial charge on any atom is 0.282 e. The Hall–Kier alpha value is -3.31. The zero-order valence-electron chi connectivity index (χ0n) is 14.4. The SMILES string of the molecule is O=C(S)N/C(=N\c1cccc2ccccc12)Nc1cccc2ccccc12. The molecule has 0 atom stereocenters. The van der Waals surface area contributed by atoms with Crippen LogP contribution in [0, 0.1) is 0 Å². The largest absolute Gasteiger partial charge is 0.325 e. The van der Waals surface area contributed by atoms with Crippen molar-refractivity contribution in [2.45, 2.75) is 0 Å². The molecule has 4 aromatic carbocycles. The Balaban J connectivity index is 1.79. The van der Waals surface area contributed by atoms with Crippen LogP contribution in [0.15, 0.2) is 89.9 Å². The molecule has 4 aromatic rings. The molecule has 0 aliphatic rings. The van der Waals surface area contributed by atoms with Crippen LogP contribution in [0.3, 0.4) is 0 Å². The lowest BCUT2D eigenvalue weighted by atomic mass is 10.1. The molecule has 0 unspecified atom stereocenters. The van der Waals surface area contributed by atoms with Gasteiger partial charge in [0.2, 0.25) is 5.96 Å². The van der Waals surface area contributed by atoms with Gasteiger partial charge in [0.25, 0.3) is 5.24 Å². The van der Waals surface area contributed by atoms with Crippen LogP contribution < -0.4 is 10.6 Å². The number of benzene rings is 4. The molecule has 0 aromatic heterocycles. The lowest BCUT2D eigenvalue weighted by molar-refractivity contribution is 0.264. The number of anilines is 1. The van der Waals surface area contributed by atoms with E-state index < -0.39 is 5.24 Å². The summed E-state index contributed by atoms with van der Waals surface area (Å²) < 4.78 is 0. The first-order chi connectivity index (χ1) is 13.2. The van der Waals surface area contributed by atoms with Crippen LogP contribution in [-0.4, -0.2) is 11.2 Å². The molecule has 0 radical (unpaired) electrons. The quantitative estimate of drug-likeness (QED) is 0.239. The van der Waals surface area contributed by atoms with Crippen molar-refractivity contribution >= 4 is 56.7 Å². The van der Waals surface area contributed by atoms with Crippen molar-refractivity contribution < 1.29 is 4.79 Å². The Bertz CT molecular complexity index is 1160. The highest BCUT2D eigenvalue weighted by Crippen LogP contribution is 2.27. The summed E-state index contributed by atoms with van der Waals surface area (Å²) in [5.74, 6) is 0.322. The van der Waals surface area contributed by atoms with Gasteiger partial charge in [-0.3, -0.25) is 10.1 Å². The molecule has 2 N–H and O–H groups in total. The Morgan fingerprint density at radius 1 is 0.741 bits per heavy atom. The summed E-state index contributed by atoms with van der Waals surface area (Å²) in [6, 6.07) is 27.9. The molecule has 132 valence electrons. The molecule has 0 aliphatic carbocycles. The molecule has 4 rings (SSSR count). The molecule has 0 saturated carbocycles. The second-order valence-corrected chi connectivity index (χ2v) is 6.45. The van der Waals surface area contributed by atoms with Gasteiger partial charge < -0.3 is 5.32 Å². The van der Waals surface area contributed by atoms with Crippen LogP contribution in [0.25, 0.3) is 21.5 Å². The number of fused-ring (bicyclic) bond motifs is 2. The van der Waals surface area contributed by atoms with E-state index in [9.17, 15) is 4.79 Å². The monoisotopic (exact) mass is 371 g/mol. The number of hydrogen-bond donors (Lipinski definition) is 3. The lowest BCUT2D eigenvalue weighted by Crippen LogP contribution is -2.32. The number of nitrogens with zero attached hydrogens (tertiary/aromatic N) is 1. The van der Waals surface area contributed by atoms with E-state index in [1.165, 1.54) is 0 Å². The molecular weight excluding hydrogens is 354 g/mol. The standard InChI is InChI=1S/C22H17N3OS/c26-22(27)25-21(23-19-13-5-9-15-7-1-3-11-17(15)19)24-20-14-6-10-16-8-2-4-12-18(16)20/h1-14H,(H3,23,24,25,26,27). The maximum atomic E-state index is 11.6. The van der Waals surface area contributed by atoms with Gasteiger partial charge in [0.1, 0.15) is 0 Å². The van der Waals surface area contributed by atoms with Crippen LogP contribution >= 0.6 is 12.6 Å². The molecular formula is C22H17N3OS. The van der Waals surface area contributed by atoms with Crippen molar-refractivity contribution in [3.8, 4) is 0 Å². The minimum absolute atomic E-state index is 0.322. The topological polar surface area (TPSA) is 53.5 Å². The third-order valence-electron chi connectivity index (χ3n) is 4.27. The summed E-state index contributed by atoms with van der Waals surface area (Å²) in [6.45, 7) is 0. The van der Waals surface area contributed by atoms with E-state index in [0.29, 0.717) is 5.96 Å². The highest BCUT2D eigenvalue weighted by Gasteiger charge is 2.08. The third kappa shape index (κ3) is 3.78. The minimum Gasteiger partial charge on any atom is -0.325 e. The Labute approximate surface area is 162 Å². The summed E-state index contributed by atoms with van der Waals surface area (Å²) in [4.78, 5) is 16.2. The van der Waals surface area contributed by atoms with E-state index in [4.69, 9.17) is 0 Å². The van der Waals surface area contributed by atoms with Gasteiger partial charge in [-0.2, -0.15) is 0 Å². The minimum atomic E-state index is -0.485. The molecule has 0 fully saturated rings. The van der Waals surface area contributed by atoms with Crippen molar-refractivity contribution in [1.82, 2.24) is 5.32 Å². The molecule has 0 heterocycles. The van der Waals surface area contributed by atoms with E-state index in [2.05, 4.69) is 28.3 Å². The first kappa shape index (κ1) is 17.1. The first-order valence-electron chi connectivity index (χ1n) is 8.52. The van der Waals surface area contributed by atoms with Gasteiger partial charge in [0.15, 0.2) is 0 Å². The van der Waals surface area contributed by atoms with Crippen molar-refractivity contribution in [2.24, 2.45) is 4.99 Å². The van der Waals surface area contributed by atoms with Crippen LogP contribution in [0.1, 0.15) is 0 Å². The normalized spacial score (nSPS) is 11.5. The van der Waals surface area contributed by atoms with E-state index in [1.54, 1.807) is 0 Å². The zero-order chi connectivity index (χ0) is 18.6. The van der Waals surface area contributed by atoms with Gasteiger partial charge >= 0.3 is 0 Å². The van der Waals surface area contributed by atoms with Gasteiger partial charge in [0.05, 0.1) is 5.69 Å². The number of hydrogen-bond acceptors (Lipinski definition) is 2. The first-order valence-corrected chi connectivity index (χ1v) is 8.96. The summed E-state index contributed by atoms with van der Waals surface area (Å²) in [5, 5.41) is 9.65. The highest BCUT2D eigenvalue weighted by atomic mass is 32.1. The summed E-state index contributed by atoms with van der Waals surface area (Å²) in [6.07, 6.45) is 0.